The third kappa shape index (κ3) is 2.58. The molecule has 11 heavy (non-hydrogen) atoms. The summed E-state index contributed by atoms with van der Waals surface area (Å²) in [5.74, 6) is -4.31. The van der Waals surface area contributed by atoms with Crippen molar-refractivity contribution in [1.82, 2.24) is 0 Å². The van der Waals surface area contributed by atoms with Crippen LogP contribution in [0.1, 0.15) is 0 Å². The van der Waals surface area contributed by atoms with E-state index in [0.717, 1.165) is 0 Å². The molecule has 0 amide bonds. The molecule has 3 N–H and O–H groups in total. The lowest BCUT2D eigenvalue weighted by Crippen LogP contribution is -2.53. The van der Waals surface area contributed by atoms with E-state index < -0.39 is 24.7 Å². The fraction of sp³-hybridized carbons (Fsp3) is 1.00. The molecule has 68 valence electrons. The highest BCUT2D eigenvalue weighted by Gasteiger charge is 2.52. The average Bonchev–Trinajstić information content (AvgIpc) is 1.84. The molecule has 0 aliphatic heterocycles. The van der Waals surface area contributed by atoms with Crippen LogP contribution in [0.25, 0.3) is 0 Å². The van der Waals surface area contributed by atoms with Gasteiger partial charge in [0.2, 0.25) is 0 Å². The first-order valence-corrected chi connectivity index (χ1v) is 2.53. The smallest absolute Gasteiger partial charge is 0.390 e. The van der Waals surface area contributed by atoms with Gasteiger partial charge in [0.15, 0.2) is 6.04 Å². The average molecular weight is 179 g/mol. The van der Waals surface area contributed by atoms with Crippen LogP contribution < -0.4 is 5.73 Å². The topological polar surface area (TPSA) is 46.2 Å². The Morgan fingerprint density at radius 1 is 1.18 bits per heavy atom. The van der Waals surface area contributed by atoms with Gasteiger partial charge in [-0.25, -0.2) is 8.78 Å². The molecule has 0 heterocycles. The summed E-state index contributed by atoms with van der Waals surface area (Å²) in [6, 6.07) is -3.31. The number of aliphatic hydroxyl groups is 1. The molecule has 0 bridgehead atoms. The Kier molecular flexibility index (Phi) is 2.79. The monoisotopic (exact) mass is 179 g/mol. The van der Waals surface area contributed by atoms with Gasteiger partial charge in [-0.3, -0.25) is 0 Å². The van der Waals surface area contributed by atoms with Crippen LogP contribution in [0.2, 0.25) is 0 Å². The van der Waals surface area contributed by atoms with Crippen molar-refractivity contribution < 1.29 is 27.1 Å². The molecule has 0 aliphatic rings. The van der Waals surface area contributed by atoms with E-state index >= 15 is 0 Å². The van der Waals surface area contributed by atoms with Crippen molar-refractivity contribution in [3.63, 3.8) is 0 Å². The number of halogens is 5. The van der Waals surface area contributed by atoms with Gasteiger partial charge in [0, 0.05) is 0 Å². The van der Waals surface area contributed by atoms with Gasteiger partial charge in [-0.05, 0) is 0 Å². The highest BCUT2D eigenvalue weighted by atomic mass is 19.4. The number of hydrogen-bond donors (Lipinski definition) is 2. The van der Waals surface area contributed by atoms with Crippen molar-refractivity contribution in [2.45, 2.75) is 18.1 Å². The maximum atomic E-state index is 11.9. The predicted molar refractivity (Wildman–Crippen MR) is 26.1 cm³/mol. The van der Waals surface area contributed by atoms with E-state index in [9.17, 15) is 22.0 Å². The lowest BCUT2D eigenvalue weighted by molar-refractivity contribution is -0.213. The zero-order valence-corrected chi connectivity index (χ0v) is 5.20. The second-order valence-electron chi connectivity index (χ2n) is 1.94. The number of aliphatic hydroxyl groups excluding tert-OH is 1. The minimum absolute atomic E-state index is 1.91. The van der Waals surface area contributed by atoms with Crippen molar-refractivity contribution in [2.75, 3.05) is 6.61 Å². The van der Waals surface area contributed by atoms with Crippen molar-refractivity contribution in [2.24, 2.45) is 5.73 Å². The molecule has 0 unspecified atom stereocenters. The van der Waals surface area contributed by atoms with Crippen molar-refractivity contribution in [3.8, 4) is 0 Å². The fourth-order valence-electron chi connectivity index (χ4n) is 0.338. The SMILES string of the molecule is N[C@@H](C(F)(F)F)C(F)(F)CO. The maximum Gasteiger partial charge on any atom is 0.409 e. The summed E-state index contributed by atoms with van der Waals surface area (Å²) in [5.41, 5.74) is 4.10. The van der Waals surface area contributed by atoms with Crippen LogP contribution in [-0.2, 0) is 0 Å². The van der Waals surface area contributed by atoms with Crippen LogP contribution >= 0.6 is 0 Å². The summed E-state index contributed by atoms with van der Waals surface area (Å²) >= 11 is 0. The summed E-state index contributed by atoms with van der Waals surface area (Å²) in [7, 11) is 0. The Hall–Kier alpha value is -0.430. The van der Waals surface area contributed by atoms with Crippen LogP contribution in [-0.4, -0.2) is 29.9 Å². The Balaban J connectivity index is 4.35. The predicted octanol–water partition coefficient (Wildman–Crippen LogP) is 0.504. The third-order valence-electron chi connectivity index (χ3n) is 1.02. The highest BCUT2D eigenvalue weighted by molar-refractivity contribution is 4.85. The summed E-state index contributed by atoms with van der Waals surface area (Å²) in [6.07, 6.45) is -5.19. The van der Waals surface area contributed by atoms with Crippen molar-refractivity contribution in [3.05, 3.63) is 0 Å². The van der Waals surface area contributed by atoms with Gasteiger partial charge >= 0.3 is 6.18 Å². The van der Waals surface area contributed by atoms with Crippen LogP contribution in [0.4, 0.5) is 22.0 Å². The van der Waals surface area contributed by atoms with E-state index in [-0.39, 0.29) is 0 Å². The molecular weight excluding hydrogens is 173 g/mol. The first kappa shape index (κ1) is 10.6. The summed E-state index contributed by atoms with van der Waals surface area (Å²) in [6.45, 7) is -1.91. The zero-order chi connectivity index (χ0) is 9.28. The molecular formula is C4H6F5NO. The molecule has 0 radical (unpaired) electrons. The largest absolute Gasteiger partial charge is 0.409 e. The number of alkyl halides is 5. The van der Waals surface area contributed by atoms with E-state index in [4.69, 9.17) is 5.11 Å². The molecule has 1 atom stereocenters. The number of hydrogen-bond acceptors (Lipinski definition) is 2. The van der Waals surface area contributed by atoms with Gasteiger partial charge in [0.1, 0.15) is 6.61 Å². The Morgan fingerprint density at radius 3 is 1.64 bits per heavy atom. The van der Waals surface area contributed by atoms with Crippen LogP contribution in [0.5, 0.6) is 0 Å². The maximum absolute atomic E-state index is 11.9. The first-order chi connectivity index (χ1) is 4.72. The lowest BCUT2D eigenvalue weighted by atomic mass is 10.1. The molecule has 0 spiro atoms. The van der Waals surface area contributed by atoms with Crippen molar-refractivity contribution in [1.29, 1.82) is 0 Å². The Bertz CT molecular complexity index is 133. The fourth-order valence-corrected chi connectivity index (χ4v) is 0.338. The number of nitrogens with two attached hydrogens (primary N) is 1. The summed E-state index contributed by atoms with van der Waals surface area (Å²) in [5, 5.41) is 7.80. The lowest BCUT2D eigenvalue weighted by Gasteiger charge is -2.23. The second kappa shape index (κ2) is 2.90. The normalized spacial score (nSPS) is 16.6. The van der Waals surface area contributed by atoms with E-state index in [1.807, 2.05) is 0 Å². The van der Waals surface area contributed by atoms with Gasteiger partial charge in [-0.1, -0.05) is 0 Å². The third-order valence-corrected chi connectivity index (χ3v) is 1.02. The minimum Gasteiger partial charge on any atom is -0.390 e. The molecule has 0 saturated carbocycles. The minimum atomic E-state index is -5.19. The quantitative estimate of drug-likeness (QED) is 0.606. The molecule has 0 aromatic heterocycles. The van der Waals surface area contributed by atoms with Crippen molar-refractivity contribution >= 4 is 0 Å². The highest BCUT2D eigenvalue weighted by Crippen LogP contribution is 2.29. The molecule has 0 rings (SSSR count). The molecule has 0 aromatic rings. The second-order valence-corrected chi connectivity index (χ2v) is 1.94. The molecule has 2 nitrogen and oxygen atoms in total. The zero-order valence-electron chi connectivity index (χ0n) is 5.20. The molecule has 0 aromatic carbocycles. The molecule has 0 fully saturated rings. The van der Waals surface area contributed by atoms with E-state index in [1.54, 1.807) is 0 Å². The Labute approximate surface area is 58.8 Å². The van der Waals surface area contributed by atoms with Gasteiger partial charge in [-0.2, -0.15) is 13.2 Å². The summed E-state index contributed by atoms with van der Waals surface area (Å²) < 4.78 is 58.1. The van der Waals surface area contributed by atoms with Crippen LogP contribution in [0.3, 0.4) is 0 Å². The van der Waals surface area contributed by atoms with E-state index in [0.29, 0.717) is 0 Å². The van der Waals surface area contributed by atoms with E-state index in [2.05, 4.69) is 5.73 Å². The van der Waals surface area contributed by atoms with Crippen LogP contribution in [0, 0.1) is 0 Å². The molecule has 0 saturated heterocycles. The molecule has 0 aliphatic carbocycles. The van der Waals surface area contributed by atoms with Crippen LogP contribution in [0.15, 0.2) is 0 Å². The standard InChI is InChI=1S/C4H6F5NO/c5-3(6,1-11)2(10)4(7,8)9/h2,11H,1,10H2/t2-/m1/s1. The first-order valence-electron chi connectivity index (χ1n) is 2.53. The van der Waals surface area contributed by atoms with Gasteiger partial charge in [0.05, 0.1) is 0 Å². The number of rotatable bonds is 2. The summed E-state index contributed by atoms with van der Waals surface area (Å²) in [4.78, 5) is 0. The molecule has 7 heteroatoms. The van der Waals surface area contributed by atoms with Gasteiger partial charge < -0.3 is 10.8 Å². The van der Waals surface area contributed by atoms with Gasteiger partial charge in [-0.15, -0.1) is 0 Å². The Morgan fingerprint density at radius 2 is 1.55 bits per heavy atom. The van der Waals surface area contributed by atoms with E-state index in [1.165, 1.54) is 0 Å². The van der Waals surface area contributed by atoms with Gasteiger partial charge in [0.25, 0.3) is 5.92 Å².